The number of nitrogens with one attached hydrogen (secondary N) is 1. The van der Waals surface area contributed by atoms with Gasteiger partial charge in [-0.05, 0) is 24.3 Å². The molecule has 0 saturated carbocycles. The number of nitrogens with two attached hydrogens (primary N) is 1. The lowest BCUT2D eigenvalue weighted by Crippen LogP contribution is -2.59. The predicted molar refractivity (Wildman–Crippen MR) is 78.0 cm³/mol. The van der Waals surface area contributed by atoms with Crippen LogP contribution in [0, 0.1) is 5.92 Å². The number of benzene rings is 1. The van der Waals surface area contributed by atoms with E-state index >= 15 is 0 Å². The Morgan fingerprint density at radius 2 is 1.48 bits per heavy atom. The molecule has 9 nitrogen and oxygen atoms in total. The number of barbiturate groups is 1. The van der Waals surface area contributed by atoms with Gasteiger partial charge in [0.15, 0.2) is 5.92 Å². The lowest BCUT2D eigenvalue weighted by Gasteiger charge is -2.32. The fraction of sp³-hybridized carbons (Fsp3) is 0.214. The molecule has 0 aromatic heterocycles. The predicted octanol–water partition coefficient (Wildman–Crippen LogP) is -0.609. The summed E-state index contributed by atoms with van der Waals surface area (Å²) in [6, 6.07) is 4.81. The van der Waals surface area contributed by atoms with E-state index in [1.54, 1.807) is 0 Å². The molecule has 0 unspecified atom stereocenters. The molecule has 1 heterocycles. The number of primary amides is 1. The Balaban J connectivity index is 2.19. The molecular weight excluding hydrogens is 304 g/mol. The summed E-state index contributed by atoms with van der Waals surface area (Å²) in [4.78, 5) is 60.2. The van der Waals surface area contributed by atoms with Gasteiger partial charge in [-0.25, -0.2) is 4.79 Å². The quantitative estimate of drug-likeness (QED) is 0.718. The average Bonchev–Trinajstić information content (AvgIpc) is 2.51. The molecule has 1 fully saturated rings. The van der Waals surface area contributed by atoms with Gasteiger partial charge in [0.1, 0.15) is 0 Å². The van der Waals surface area contributed by atoms with Crippen molar-refractivity contribution in [3.63, 3.8) is 0 Å². The minimum absolute atomic E-state index is 0.248. The summed E-state index contributed by atoms with van der Waals surface area (Å²) in [6.07, 6.45) is 0. The first-order valence-electron chi connectivity index (χ1n) is 6.54. The van der Waals surface area contributed by atoms with Gasteiger partial charge in [-0.3, -0.25) is 29.0 Å². The monoisotopic (exact) mass is 318 g/mol. The molecule has 120 valence electrons. The maximum atomic E-state index is 12.2. The number of hydrogen-bond acceptors (Lipinski definition) is 5. The summed E-state index contributed by atoms with van der Waals surface area (Å²) in [7, 11) is 2.38. The average molecular weight is 318 g/mol. The van der Waals surface area contributed by atoms with E-state index in [0.717, 1.165) is 0 Å². The Morgan fingerprint density at radius 1 is 1.00 bits per heavy atom. The number of anilines is 1. The molecule has 2 rings (SSSR count). The van der Waals surface area contributed by atoms with Gasteiger partial charge < -0.3 is 11.1 Å². The third-order valence-electron chi connectivity index (χ3n) is 3.43. The zero-order valence-corrected chi connectivity index (χ0v) is 12.4. The van der Waals surface area contributed by atoms with E-state index < -0.39 is 35.6 Å². The van der Waals surface area contributed by atoms with Gasteiger partial charge in [0.05, 0.1) is 0 Å². The zero-order valence-electron chi connectivity index (χ0n) is 12.4. The molecule has 0 radical (unpaired) electrons. The maximum absolute atomic E-state index is 12.2. The highest BCUT2D eigenvalue weighted by Gasteiger charge is 2.46. The van der Waals surface area contributed by atoms with Crippen molar-refractivity contribution in [3.05, 3.63) is 29.8 Å². The molecular formula is C14H14N4O5. The number of nitrogens with zero attached hydrogens (tertiary/aromatic N) is 2. The van der Waals surface area contributed by atoms with E-state index in [-0.39, 0.29) is 11.3 Å². The molecule has 6 amide bonds. The molecule has 9 heteroatoms. The highest BCUT2D eigenvalue weighted by molar-refractivity contribution is 6.27. The molecule has 0 spiro atoms. The zero-order chi connectivity index (χ0) is 17.3. The molecule has 0 atom stereocenters. The van der Waals surface area contributed by atoms with Crippen LogP contribution in [0.1, 0.15) is 10.4 Å². The van der Waals surface area contributed by atoms with Crippen molar-refractivity contribution in [2.45, 2.75) is 0 Å². The number of rotatable bonds is 3. The summed E-state index contributed by atoms with van der Waals surface area (Å²) in [5.74, 6) is -4.92. The van der Waals surface area contributed by atoms with Crippen molar-refractivity contribution < 1.29 is 24.0 Å². The van der Waals surface area contributed by atoms with Crippen LogP contribution >= 0.6 is 0 Å². The SMILES string of the molecule is CN1C(=O)C(C(=O)Nc2ccc(C(N)=O)cc2)C(=O)N(C)C1=O. The second-order valence-electron chi connectivity index (χ2n) is 4.94. The van der Waals surface area contributed by atoms with Crippen LogP contribution in [0.3, 0.4) is 0 Å². The lowest BCUT2D eigenvalue weighted by molar-refractivity contribution is -0.151. The van der Waals surface area contributed by atoms with E-state index in [0.29, 0.717) is 9.80 Å². The van der Waals surface area contributed by atoms with E-state index in [4.69, 9.17) is 5.73 Å². The molecule has 1 aliphatic rings. The third kappa shape index (κ3) is 2.89. The number of carbonyl (C=O) groups excluding carboxylic acids is 5. The maximum Gasteiger partial charge on any atom is 0.332 e. The van der Waals surface area contributed by atoms with Gasteiger partial charge in [-0.2, -0.15) is 0 Å². The fourth-order valence-electron chi connectivity index (χ4n) is 2.06. The minimum atomic E-state index is -1.64. The van der Waals surface area contributed by atoms with Crippen molar-refractivity contribution in [3.8, 4) is 0 Å². The van der Waals surface area contributed by atoms with Gasteiger partial charge in [-0.1, -0.05) is 0 Å². The van der Waals surface area contributed by atoms with Crippen LogP contribution in [0.15, 0.2) is 24.3 Å². The number of imide groups is 2. The van der Waals surface area contributed by atoms with Gasteiger partial charge in [0, 0.05) is 25.3 Å². The first kappa shape index (κ1) is 16.1. The van der Waals surface area contributed by atoms with Crippen molar-refractivity contribution in [1.82, 2.24) is 9.80 Å². The van der Waals surface area contributed by atoms with E-state index in [1.807, 2.05) is 0 Å². The summed E-state index contributed by atoms with van der Waals surface area (Å²) >= 11 is 0. The van der Waals surface area contributed by atoms with E-state index in [9.17, 15) is 24.0 Å². The molecule has 1 aromatic carbocycles. The van der Waals surface area contributed by atoms with E-state index in [1.165, 1.54) is 38.4 Å². The van der Waals surface area contributed by atoms with Crippen LogP contribution < -0.4 is 11.1 Å². The number of hydrogen-bond donors (Lipinski definition) is 2. The molecule has 0 bridgehead atoms. The van der Waals surface area contributed by atoms with Crippen LogP contribution in [-0.4, -0.2) is 53.6 Å². The second kappa shape index (κ2) is 5.87. The molecule has 23 heavy (non-hydrogen) atoms. The van der Waals surface area contributed by atoms with Crippen LogP contribution in [0.4, 0.5) is 10.5 Å². The lowest BCUT2D eigenvalue weighted by atomic mass is 10.0. The number of urea groups is 1. The second-order valence-corrected chi connectivity index (χ2v) is 4.94. The van der Waals surface area contributed by atoms with Gasteiger partial charge in [-0.15, -0.1) is 0 Å². The Morgan fingerprint density at radius 3 is 1.91 bits per heavy atom. The molecule has 3 N–H and O–H groups in total. The number of carbonyl (C=O) groups is 5. The first-order valence-corrected chi connectivity index (χ1v) is 6.54. The van der Waals surface area contributed by atoms with Crippen molar-refractivity contribution in [1.29, 1.82) is 0 Å². The summed E-state index contributed by atoms with van der Waals surface area (Å²) in [5.41, 5.74) is 5.63. The Labute approximate surface area is 131 Å². The highest BCUT2D eigenvalue weighted by Crippen LogP contribution is 2.18. The fourth-order valence-corrected chi connectivity index (χ4v) is 2.06. The third-order valence-corrected chi connectivity index (χ3v) is 3.43. The van der Waals surface area contributed by atoms with Crippen molar-refractivity contribution >= 4 is 35.3 Å². The smallest absolute Gasteiger partial charge is 0.332 e. The molecule has 0 aliphatic carbocycles. The minimum Gasteiger partial charge on any atom is -0.366 e. The normalized spacial score (nSPS) is 15.8. The summed E-state index contributed by atoms with van der Waals surface area (Å²) in [6.45, 7) is 0. The highest BCUT2D eigenvalue weighted by atomic mass is 16.2. The number of amides is 6. The Bertz CT molecular complexity index is 688. The van der Waals surface area contributed by atoms with Gasteiger partial charge in [0.2, 0.25) is 11.8 Å². The van der Waals surface area contributed by atoms with Crippen molar-refractivity contribution in [2.24, 2.45) is 11.7 Å². The summed E-state index contributed by atoms with van der Waals surface area (Å²) in [5, 5.41) is 2.40. The largest absolute Gasteiger partial charge is 0.366 e. The van der Waals surface area contributed by atoms with Crippen LogP contribution in [-0.2, 0) is 14.4 Å². The first-order chi connectivity index (χ1) is 10.7. The summed E-state index contributed by atoms with van der Waals surface area (Å²) < 4.78 is 0. The molecule has 1 aliphatic heterocycles. The molecule has 1 saturated heterocycles. The van der Waals surface area contributed by atoms with Crippen LogP contribution in [0.5, 0.6) is 0 Å². The standard InChI is InChI=1S/C14H14N4O5/c1-17-12(21)9(13(22)18(2)14(17)23)11(20)16-8-5-3-7(4-6-8)10(15)19/h3-6,9H,1-2H3,(H2,15,19)(H,16,20). The van der Waals surface area contributed by atoms with Crippen LogP contribution in [0.25, 0.3) is 0 Å². The van der Waals surface area contributed by atoms with Crippen molar-refractivity contribution in [2.75, 3.05) is 19.4 Å². The Kier molecular flexibility index (Phi) is 4.12. The van der Waals surface area contributed by atoms with Gasteiger partial charge in [0.25, 0.3) is 11.8 Å². The topological polar surface area (TPSA) is 130 Å². The molecule has 1 aromatic rings. The van der Waals surface area contributed by atoms with Gasteiger partial charge >= 0.3 is 6.03 Å². The van der Waals surface area contributed by atoms with Crippen LogP contribution in [0.2, 0.25) is 0 Å². The Hall–Kier alpha value is -3.23. The van der Waals surface area contributed by atoms with E-state index in [2.05, 4.69) is 5.32 Å².